The number of rotatable bonds is 2. The van der Waals surface area contributed by atoms with Gasteiger partial charge in [0.2, 0.25) is 0 Å². The number of phenolic OH excluding ortho intramolecular Hbond substituents is 1. The van der Waals surface area contributed by atoms with Gasteiger partial charge in [-0.3, -0.25) is 9.78 Å². The lowest BCUT2D eigenvalue weighted by atomic mass is 10.1. The highest BCUT2D eigenvalue weighted by Crippen LogP contribution is 2.23. The third-order valence-electron chi connectivity index (χ3n) is 3.40. The van der Waals surface area contributed by atoms with Crippen molar-refractivity contribution in [2.24, 2.45) is 0 Å². The molecule has 0 aliphatic rings. The molecule has 1 aromatic heterocycles. The number of aromatic nitrogens is 1. The zero-order valence-electron chi connectivity index (χ0n) is 11.5. The molecule has 0 radical (unpaired) electrons. The van der Waals surface area contributed by atoms with Gasteiger partial charge < -0.3 is 10.0 Å². The van der Waals surface area contributed by atoms with Gasteiger partial charge in [-0.15, -0.1) is 0 Å². The number of hydrogen-bond donors (Lipinski definition) is 1. The number of phenols is 1. The van der Waals surface area contributed by atoms with Crippen LogP contribution in [0.3, 0.4) is 0 Å². The summed E-state index contributed by atoms with van der Waals surface area (Å²) < 4.78 is 0. The van der Waals surface area contributed by atoms with Crippen LogP contribution in [-0.2, 0) is 0 Å². The van der Waals surface area contributed by atoms with Crippen LogP contribution in [0.5, 0.6) is 5.75 Å². The predicted octanol–water partition coefficient (Wildman–Crippen LogP) is 3.22. The maximum Gasteiger partial charge on any atom is 0.258 e. The summed E-state index contributed by atoms with van der Waals surface area (Å²) in [6.45, 7) is 0. The average Bonchev–Trinajstić information content (AvgIpc) is 2.53. The molecule has 1 N–H and O–H groups in total. The lowest BCUT2D eigenvalue weighted by Gasteiger charge is -2.18. The minimum absolute atomic E-state index is 0.131. The van der Waals surface area contributed by atoms with Crippen molar-refractivity contribution in [3.05, 3.63) is 66.4 Å². The number of amides is 1. The number of benzene rings is 2. The largest absolute Gasteiger partial charge is 0.508 e. The zero-order chi connectivity index (χ0) is 14.8. The number of para-hydroxylation sites is 1. The fourth-order valence-corrected chi connectivity index (χ4v) is 2.28. The summed E-state index contributed by atoms with van der Waals surface area (Å²) in [4.78, 5) is 18.5. The molecule has 0 atom stereocenters. The molecular weight excluding hydrogens is 264 g/mol. The van der Waals surface area contributed by atoms with E-state index in [-0.39, 0.29) is 11.7 Å². The summed E-state index contributed by atoms with van der Waals surface area (Å²) in [5.41, 5.74) is 2.01. The fourth-order valence-electron chi connectivity index (χ4n) is 2.28. The van der Waals surface area contributed by atoms with Gasteiger partial charge in [-0.2, -0.15) is 0 Å². The first-order valence-corrected chi connectivity index (χ1v) is 6.57. The summed E-state index contributed by atoms with van der Waals surface area (Å²) in [5.74, 6) is -0.00839. The van der Waals surface area contributed by atoms with E-state index in [2.05, 4.69) is 4.98 Å². The number of hydrogen-bond acceptors (Lipinski definition) is 3. The molecule has 3 aromatic rings. The number of aromatic hydroxyl groups is 1. The third-order valence-corrected chi connectivity index (χ3v) is 3.40. The van der Waals surface area contributed by atoms with Crippen molar-refractivity contribution in [2.45, 2.75) is 0 Å². The van der Waals surface area contributed by atoms with Gasteiger partial charge in [-0.25, -0.2) is 0 Å². The molecule has 1 amide bonds. The fraction of sp³-hybridized carbons (Fsp3) is 0.0588. The molecule has 0 fully saturated rings. The normalized spacial score (nSPS) is 10.5. The first-order valence-electron chi connectivity index (χ1n) is 6.57. The van der Waals surface area contributed by atoms with Crippen molar-refractivity contribution in [3.63, 3.8) is 0 Å². The Morgan fingerprint density at radius 1 is 1.10 bits per heavy atom. The number of anilines is 1. The SMILES string of the molecule is CN(C(=O)c1ccnc2ccccc12)c1cccc(O)c1. The van der Waals surface area contributed by atoms with Crippen molar-refractivity contribution in [2.75, 3.05) is 11.9 Å². The van der Waals surface area contributed by atoms with E-state index in [1.54, 1.807) is 43.6 Å². The van der Waals surface area contributed by atoms with Crippen LogP contribution in [0.25, 0.3) is 10.9 Å². The van der Waals surface area contributed by atoms with Crippen LogP contribution in [-0.4, -0.2) is 23.0 Å². The van der Waals surface area contributed by atoms with E-state index in [4.69, 9.17) is 0 Å². The highest BCUT2D eigenvalue weighted by Gasteiger charge is 2.16. The monoisotopic (exact) mass is 278 g/mol. The molecule has 4 heteroatoms. The topological polar surface area (TPSA) is 53.4 Å². The standard InChI is InChI=1S/C17H14N2O2/c1-19(12-5-4-6-13(20)11-12)17(21)15-9-10-18-16-8-3-2-7-14(15)16/h2-11,20H,1H3. The van der Waals surface area contributed by atoms with Crippen LogP contribution in [0.15, 0.2) is 60.8 Å². The van der Waals surface area contributed by atoms with Gasteiger partial charge >= 0.3 is 0 Å². The van der Waals surface area contributed by atoms with Gasteiger partial charge in [0.05, 0.1) is 11.1 Å². The van der Waals surface area contributed by atoms with E-state index in [0.717, 1.165) is 10.9 Å². The Kier molecular flexibility index (Phi) is 3.28. The molecule has 0 unspecified atom stereocenters. The van der Waals surface area contributed by atoms with Crippen LogP contribution >= 0.6 is 0 Å². The number of pyridine rings is 1. The Morgan fingerprint density at radius 2 is 1.90 bits per heavy atom. The van der Waals surface area contributed by atoms with Crippen molar-refractivity contribution < 1.29 is 9.90 Å². The lowest BCUT2D eigenvalue weighted by molar-refractivity contribution is 0.0994. The Balaban J connectivity index is 2.04. The lowest BCUT2D eigenvalue weighted by Crippen LogP contribution is -2.26. The average molecular weight is 278 g/mol. The van der Waals surface area contributed by atoms with E-state index >= 15 is 0 Å². The second-order valence-corrected chi connectivity index (χ2v) is 4.76. The van der Waals surface area contributed by atoms with Crippen molar-refractivity contribution in [3.8, 4) is 5.75 Å². The summed E-state index contributed by atoms with van der Waals surface area (Å²) >= 11 is 0. The van der Waals surface area contributed by atoms with Crippen LogP contribution in [0.4, 0.5) is 5.69 Å². The van der Waals surface area contributed by atoms with E-state index in [0.29, 0.717) is 11.3 Å². The molecule has 2 aromatic carbocycles. The molecule has 21 heavy (non-hydrogen) atoms. The Morgan fingerprint density at radius 3 is 2.71 bits per heavy atom. The highest BCUT2D eigenvalue weighted by atomic mass is 16.3. The molecule has 0 saturated heterocycles. The maximum absolute atomic E-state index is 12.7. The van der Waals surface area contributed by atoms with E-state index in [9.17, 15) is 9.90 Å². The Bertz CT molecular complexity index is 809. The molecular formula is C17H14N2O2. The Hall–Kier alpha value is -2.88. The molecule has 1 heterocycles. The molecule has 0 aliphatic heterocycles. The van der Waals surface area contributed by atoms with E-state index in [1.165, 1.54) is 4.90 Å². The van der Waals surface area contributed by atoms with Gasteiger partial charge in [-0.05, 0) is 24.3 Å². The number of carbonyl (C=O) groups excluding carboxylic acids is 1. The minimum atomic E-state index is -0.140. The summed E-state index contributed by atoms with van der Waals surface area (Å²) in [5, 5.41) is 10.4. The van der Waals surface area contributed by atoms with Crippen LogP contribution < -0.4 is 4.90 Å². The molecule has 0 spiro atoms. The maximum atomic E-state index is 12.7. The molecule has 4 nitrogen and oxygen atoms in total. The predicted molar refractivity (Wildman–Crippen MR) is 82.6 cm³/mol. The quantitative estimate of drug-likeness (QED) is 0.783. The van der Waals surface area contributed by atoms with Crippen molar-refractivity contribution >= 4 is 22.5 Å². The summed E-state index contributed by atoms with van der Waals surface area (Å²) in [6, 6.07) is 15.9. The van der Waals surface area contributed by atoms with Gasteiger partial charge in [0.15, 0.2) is 0 Å². The van der Waals surface area contributed by atoms with Crippen molar-refractivity contribution in [1.29, 1.82) is 0 Å². The Labute approximate surface area is 122 Å². The summed E-state index contributed by atoms with van der Waals surface area (Å²) in [6.07, 6.45) is 1.63. The van der Waals surface area contributed by atoms with Crippen LogP contribution in [0.2, 0.25) is 0 Å². The molecule has 0 bridgehead atoms. The first-order chi connectivity index (χ1) is 10.2. The minimum Gasteiger partial charge on any atom is -0.508 e. The van der Waals surface area contributed by atoms with Gasteiger partial charge in [0, 0.05) is 30.4 Å². The first kappa shape index (κ1) is 13.1. The number of fused-ring (bicyclic) bond motifs is 1. The van der Waals surface area contributed by atoms with Crippen LogP contribution in [0.1, 0.15) is 10.4 Å². The zero-order valence-corrected chi connectivity index (χ0v) is 11.5. The third kappa shape index (κ3) is 2.43. The van der Waals surface area contributed by atoms with Gasteiger partial charge in [-0.1, -0.05) is 24.3 Å². The highest BCUT2D eigenvalue weighted by molar-refractivity contribution is 6.13. The summed E-state index contributed by atoms with van der Waals surface area (Å²) in [7, 11) is 1.69. The number of nitrogens with zero attached hydrogens (tertiary/aromatic N) is 2. The van der Waals surface area contributed by atoms with Gasteiger partial charge in [0.1, 0.15) is 5.75 Å². The van der Waals surface area contributed by atoms with Crippen molar-refractivity contribution in [1.82, 2.24) is 4.98 Å². The molecule has 3 rings (SSSR count). The molecule has 104 valence electrons. The van der Waals surface area contributed by atoms with Gasteiger partial charge in [0.25, 0.3) is 5.91 Å². The van der Waals surface area contributed by atoms with Crippen LogP contribution in [0, 0.1) is 0 Å². The second-order valence-electron chi connectivity index (χ2n) is 4.76. The smallest absolute Gasteiger partial charge is 0.258 e. The van der Waals surface area contributed by atoms with E-state index in [1.807, 2.05) is 24.3 Å². The van der Waals surface area contributed by atoms with E-state index < -0.39 is 0 Å². The number of carbonyl (C=O) groups is 1. The molecule has 0 saturated carbocycles. The molecule has 0 aliphatic carbocycles. The second kappa shape index (κ2) is 5.25.